The first-order chi connectivity index (χ1) is 12.4. The molecule has 0 saturated heterocycles. The normalized spacial score (nSPS) is 12.0. The van der Waals surface area contributed by atoms with E-state index in [1.165, 1.54) is 11.0 Å². The predicted octanol–water partition coefficient (Wildman–Crippen LogP) is 3.62. The van der Waals surface area contributed by atoms with Crippen molar-refractivity contribution in [3.8, 4) is 16.9 Å². The van der Waals surface area contributed by atoms with Crippen molar-refractivity contribution in [3.63, 3.8) is 0 Å². The van der Waals surface area contributed by atoms with Gasteiger partial charge >= 0.3 is 5.63 Å². The van der Waals surface area contributed by atoms with Gasteiger partial charge in [0.2, 0.25) is 0 Å². The lowest BCUT2D eigenvalue weighted by Gasteiger charge is -2.18. The van der Waals surface area contributed by atoms with Crippen LogP contribution in [0.25, 0.3) is 22.1 Å². The Morgan fingerprint density at radius 2 is 1.81 bits per heavy atom. The molecule has 1 amide bonds. The molecule has 0 saturated carbocycles. The number of likely N-dealkylation sites (N-methyl/N-ethyl adjacent to an activating group) is 1. The van der Waals surface area contributed by atoms with Gasteiger partial charge in [0.25, 0.3) is 5.91 Å². The molecule has 0 bridgehead atoms. The van der Waals surface area contributed by atoms with Crippen LogP contribution in [0, 0.1) is 6.92 Å². The Kier molecular flexibility index (Phi) is 4.80. The molecule has 3 aromatic rings. The van der Waals surface area contributed by atoms with Crippen molar-refractivity contribution in [2.24, 2.45) is 0 Å². The van der Waals surface area contributed by atoms with Crippen LogP contribution >= 0.6 is 0 Å². The summed E-state index contributed by atoms with van der Waals surface area (Å²) in [7, 11) is 3.35. The minimum Gasteiger partial charge on any atom is -0.481 e. The van der Waals surface area contributed by atoms with Crippen LogP contribution < -0.4 is 10.4 Å². The average Bonchev–Trinajstić information content (AvgIpc) is 2.60. The number of hydrogen-bond acceptors (Lipinski definition) is 4. The summed E-state index contributed by atoms with van der Waals surface area (Å²) in [6.07, 6.45) is -0.631. The van der Waals surface area contributed by atoms with E-state index in [-0.39, 0.29) is 5.91 Å². The third-order valence-electron chi connectivity index (χ3n) is 4.25. The van der Waals surface area contributed by atoms with Crippen molar-refractivity contribution in [2.45, 2.75) is 20.0 Å². The van der Waals surface area contributed by atoms with Crippen LogP contribution in [0.2, 0.25) is 0 Å². The monoisotopic (exact) mass is 351 g/mol. The topological polar surface area (TPSA) is 59.8 Å². The largest absolute Gasteiger partial charge is 0.481 e. The molecule has 3 rings (SSSR count). The Labute approximate surface area is 151 Å². The molecule has 5 heteroatoms. The molecule has 26 heavy (non-hydrogen) atoms. The van der Waals surface area contributed by atoms with Gasteiger partial charge in [-0.05, 0) is 37.1 Å². The van der Waals surface area contributed by atoms with E-state index < -0.39 is 11.7 Å². The van der Waals surface area contributed by atoms with Crippen molar-refractivity contribution in [3.05, 3.63) is 64.5 Å². The fraction of sp³-hybridized carbons (Fsp3) is 0.238. The zero-order valence-corrected chi connectivity index (χ0v) is 15.3. The number of carbonyl (C=O) groups is 1. The number of aryl methyl sites for hydroxylation is 1. The number of hydrogen-bond donors (Lipinski definition) is 0. The summed E-state index contributed by atoms with van der Waals surface area (Å²) in [5.41, 5.74) is 2.88. The second kappa shape index (κ2) is 7.04. The van der Waals surface area contributed by atoms with Gasteiger partial charge in [0, 0.05) is 37.2 Å². The number of fused-ring (bicyclic) bond motifs is 1. The molecule has 1 aromatic heterocycles. The molecule has 134 valence electrons. The van der Waals surface area contributed by atoms with E-state index >= 15 is 0 Å². The molecular weight excluding hydrogens is 330 g/mol. The van der Waals surface area contributed by atoms with Crippen LogP contribution in [-0.4, -0.2) is 31.0 Å². The van der Waals surface area contributed by atoms with Crippen LogP contribution in [0.15, 0.2) is 57.7 Å². The minimum absolute atomic E-state index is 0.139. The molecule has 0 aliphatic heterocycles. The molecule has 5 nitrogen and oxygen atoms in total. The summed E-state index contributed by atoms with van der Waals surface area (Å²) in [4.78, 5) is 25.5. The highest BCUT2D eigenvalue weighted by Crippen LogP contribution is 2.31. The Morgan fingerprint density at radius 1 is 1.08 bits per heavy atom. The fourth-order valence-electron chi connectivity index (χ4n) is 2.93. The lowest BCUT2D eigenvalue weighted by atomic mass is 9.98. The summed E-state index contributed by atoms with van der Waals surface area (Å²) in [5, 5.41) is 0.817. The first-order valence-electron chi connectivity index (χ1n) is 8.38. The van der Waals surface area contributed by atoms with Gasteiger partial charge in [-0.25, -0.2) is 4.79 Å². The number of nitrogens with zero attached hydrogens (tertiary/aromatic N) is 1. The highest BCUT2D eigenvalue weighted by molar-refractivity contribution is 5.94. The van der Waals surface area contributed by atoms with Crippen LogP contribution in [0.1, 0.15) is 12.5 Å². The molecule has 1 atom stereocenters. The van der Waals surface area contributed by atoms with Crippen LogP contribution in [0.5, 0.6) is 5.75 Å². The van der Waals surface area contributed by atoms with Gasteiger partial charge in [-0.1, -0.05) is 24.3 Å². The first kappa shape index (κ1) is 17.7. The summed E-state index contributed by atoms with van der Waals surface area (Å²) in [6.45, 7) is 3.69. The first-order valence-corrected chi connectivity index (χ1v) is 8.38. The minimum atomic E-state index is -0.631. The van der Waals surface area contributed by atoms with Crippen molar-refractivity contribution in [2.75, 3.05) is 14.1 Å². The molecule has 0 radical (unpaired) electrons. The molecule has 1 heterocycles. The standard InChI is InChI=1S/C21H21NO4/c1-13-7-5-6-8-16(13)18-12-20(23)26-19-11-15(9-10-17(18)19)25-14(2)21(24)22(3)4/h5-12,14H,1-4H3. The summed E-state index contributed by atoms with van der Waals surface area (Å²) in [5.74, 6) is 0.338. The maximum atomic E-state index is 12.1. The second-order valence-corrected chi connectivity index (χ2v) is 6.44. The number of ether oxygens (including phenoxy) is 1. The maximum Gasteiger partial charge on any atom is 0.336 e. The van der Waals surface area contributed by atoms with E-state index in [9.17, 15) is 9.59 Å². The summed E-state index contributed by atoms with van der Waals surface area (Å²) in [6, 6.07) is 14.7. The van der Waals surface area contributed by atoms with Crippen molar-refractivity contribution in [1.29, 1.82) is 0 Å². The highest BCUT2D eigenvalue weighted by Gasteiger charge is 2.17. The van der Waals surface area contributed by atoms with Crippen LogP contribution in [-0.2, 0) is 4.79 Å². The van der Waals surface area contributed by atoms with E-state index in [0.717, 1.165) is 22.1 Å². The van der Waals surface area contributed by atoms with Crippen molar-refractivity contribution >= 4 is 16.9 Å². The number of carbonyl (C=O) groups excluding carboxylic acids is 1. The van der Waals surface area contributed by atoms with Gasteiger partial charge in [0.05, 0.1) is 0 Å². The lowest BCUT2D eigenvalue weighted by molar-refractivity contribution is -0.135. The van der Waals surface area contributed by atoms with E-state index in [1.54, 1.807) is 33.2 Å². The molecule has 0 aliphatic carbocycles. The highest BCUT2D eigenvalue weighted by atomic mass is 16.5. The molecule has 0 fully saturated rings. The van der Waals surface area contributed by atoms with Gasteiger partial charge in [-0.15, -0.1) is 0 Å². The molecule has 2 aromatic carbocycles. The summed E-state index contributed by atoms with van der Waals surface area (Å²) >= 11 is 0. The van der Waals surface area contributed by atoms with Crippen LogP contribution in [0.4, 0.5) is 0 Å². The Hall–Kier alpha value is -3.08. The van der Waals surface area contributed by atoms with Gasteiger partial charge in [-0.3, -0.25) is 4.79 Å². The molecule has 0 N–H and O–H groups in total. The van der Waals surface area contributed by atoms with E-state index in [1.807, 2.05) is 37.3 Å². The predicted molar refractivity (Wildman–Crippen MR) is 101 cm³/mol. The van der Waals surface area contributed by atoms with E-state index in [4.69, 9.17) is 9.15 Å². The van der Waals surface area contributed by atoms with Crippen molar-refractivity contribution in [1.82, 2.24) is 4.90 Å². The van der Waals surface area contributed by atoms with Gasteiger partial charge in [0.1, 0.15) is 11.3 Å². The van der Waals surface area contributed by atoms with Crippen LogP contribution in [0.3, 0.4) is 0 Å². The third-order valence-corrected chi connectivity index (χ3v) is 4.25. The Bertz CT molecular complexity index is 1020. The molecular formula is C21H21NO4. The van der Waals surface area contributed by atoms with E-state index in [0.29, 0.717) is 11.3 Å². The second-order valence-electron chi connectivity index (χ2n) is 6.44. The number of benzene rings is 2. The van der Waals surface area contributed by atoms with Gasteiger partial charge in [0.15, 0.2) is 6.10 Å². The molecule has 1 unspecified atom stereocenters. The summed E-state index contributed by atoms with van der Waals surface area (Å²) < 4.78 is 11.1. The van der Waals surface area contributed by atoms with Gasteiger partial charge < -0.3 is 14.1 Å². The van der Waals surface area contributed by atoms with Crippen molar-refractivity contribution < 1.29 is 13.9 Å². The fourth-order valence-corrected chi connectivity index (χ4v) is 2.93. The Balaban J connectivity index is 2.05. The molecule has 0 aliphatic rings. The Morgan fingerprint density at radius 3 is 2.50 bits per heavy atom. The van der Waals surface area contributed by atoms with E-state index in [2.05, 4.69) is 0 Å². The number of rotatable bonds is 4. The van der Waals surface area contributed by atoms with Gasteiger partial charge in [-0.2, -0.15) is 0 Å². The third kappa shape index (κ3) is 3.47. The SMILES string of the molecule is Cc1ccccc1-c1cc(=O)oc2cc(OC(C)C(=O)N(C)C)ccc12. The maximum absolute atomic E-state index is 12.1. The smallest absolute Gasteiger partial charge is 0.336 e. The number of amides is 1. The lowest BCUT2D eigenvalue weighted by Crippen LogP contribution is -2.35. The average molecular weight is 351 g/mol. The molecule has 0 spiro atoms. The zero-order chi connectivity index (χ0) is 18.8. The quantitative estimate of drug-likeness (QED) is 0.674. The zero-order valence-electron chi connectivity index (χ0n) is 15.3.